The monoisotopic (exact) mass is 565 g/mol. The van der Waals surface area contributed by atoms with Crippen LogP contribution in [0.15, 0.2) is 121 Å². The first kappa shape index (κ1) is 27.0. The Morgan fingerprint density at radius 3 is 1.05 bits per heavy atom. The van der Waals surface area contributed by atoms with Gasteiger partial charge in [0.1, 0.15) is 24.4 Å². The Hall–Kier alpha value is -2.89. The van der Waals surface area contributed by atoms with Crippen molar-refractivity contribution >= 4 is 8.53 Å². The van der Waals surface area contributed by atoms with E-state index < -0.39 is 25.1 Å². The predicted octanol–water partition coefficient (Wildman–Crippen LogP) is 7.07. The van der Waals surface area contributed by atoms with E-state index in [1.165, 1.54) is 0 Å². The first-order valence-electron chi connectivity index (χ1n) is 14.3. The summed E-state index contributed by atoms with van der Waals surface area (Å²) in [4.78, 5) is 0. The Bertz CT molecular complexity index is 1290. The van der Waals surface area contributed by atoms with E-state index in [1.54, 1.807) is 0 Å². The fraction of sp³-hybridized carbons (Fsp3) is 0.314. The van der Waals surface area contributed by atoms with Gasteiger partial charge in [-0.3, -0.25) is 0 Å². The van der Waals surface area contributed by atoms with Crippen LogP contribution in [0.1, 0.15) is 36.1 Å². The standard InChI is InChI=1S/C35H36NO4P/c1-33(2)37-29-30(38-33)35(27-21-13-7-14-22-27,28-23-15-8-16-24-28)32-31(39-41(40-32)36(3)4)34(29,25-17-9-5-10-18-25)26-19-11-6-12-20-26/h5-24,29-32H,1-4H3. The molecule has 0 aromatic heterocycles. The summed E-state index contributed by atoms with van der Waals surface area (Å²) in [7, 11) is 2.70. The minimum absolute atomic E-state index is 0.375. The molecule has 4 unspecified atom stereocenters. The van der Waals surface area contributed by atoms with E-state index in [2.05, 4.69) is 126 Å². The first-order chi connectivity index (χ1) is 19.9. The highest BCUT2D eigenvalue weighted by Crippen LogP contribution is 2.68. The number of hydrogen-bond donors (Lipinski definition) is 0. The molecule has 3 fully saturated rings. The molecular weight excluding hydrogens is 529 g/mol. The maximum absolute atomic E-state index is 7.16. The molecule has 6 heteroatoms. The maximum Gasteiger partial charge on any atom is 0.259 e. The van der Waals surface area contributed by atoms with Gasteiger partial charge in [-0.25, -0.2) is 4.67 Å². The van der Waals surface area contributed by atoms with E-state index in [1.807, 2.05) is 27.9 Å². The third-order valence-electron chi connectivity index (χ3n) is 8.91. The average molecular weight is 566 g/mol. The first-order valence-corrected chi connectivity index (χ1v) is 15.4. The lowest BCUT2D eigenvalue weighted by Crippen LogP contribution is -2.71. The van der Waals surface area contributed by atoms with E-state index in [0.717, 1.165) is 22.3 Å². The highest BCUT2D eigenvalue weighted by atomic mass is 31.2. The van der Waals surface area contributed by atoms with Crippen molar-refractivity contribution in [3.05, 3.63) is 144 Å². The zero-order valence-electron chi connectivity index (χ0n) is 23.9. The van der Waals surface area contributed by atoms with Crippen LogP contribution in [-0.4, -0.2) is 49.0 Å². The molecule has 41 heavy (non-hydrogen) atoms. The van der Waals surface area contributed by atoms with E-state index >= 15 is 0 Å². The van der Waals surface area contributed by atoms with Gasteiger partial charge >= 0.3 is 0 Å². The molecule has 7 rings (SSSR count). The highest BCUT2D eigenvalue weighted by molar-refractivity contribution is 7.44. The number of fused-ring (bicyclic) bond motifs is 2. The summed E-state index contributed by atoms with van der Waals surface area (Å²) in [5.41, 5.74) is 3.12. The van der Waals surface area contributed by atoms with Gasteiger partial charge in [0.15, 0.2) is 5.79 Å². The second-order valence-corrected chi connectivity index (χ2v) is 13.5. The molecule has 2 saturated heterocycles. The molecular formula is C35H36NO4P. The van der Waals surface area contributed by atoms with Crippen LogP contribution in [0, 0.1) is 0 Å². The summed E-state index contributed by atoms with van der Waals surface area (Å²) in [5.74, 6) is -0.829. The van der Waals surface area contributed by atoms with Crippen LogP contribution in [-0.2, 0) is 29.4 Å². The van der Waals surface area contributed by atoms with Crippen LogP contribution < -0.4 is 0 Å². The topological polar surface area (TPSA) is 40.2 Å². The van der Waals surface area contributed by atoms with Gasteiger partial charge in [0.25, 0.3) is 8.53 Å². The summed E-state index contributed by atoms with van der Waals surface area (Å²) < 4.78 is 30.6. The maximum atomic E-state index is 7.16. The van der Waals surface area contributed by atoms with Gasteiger partial charge in [-0.2, -0.15) is 0 Å². The van der Waals surface area contributed by atoms with Crippen LogP contribution >= 0.6 is 8.53 Å². The van der Waals surface area contributed by atoms with Crippen molar-refractivity contribution in [3.8, 4) is 0 Å². The third-order valence-corrected chi connectivity index (χ3v) is 10.4. The van der Waals surface area contributed by atoms with Crippen LogP contribution in [0.4, 0.5) is 0 Å². The predicted molar refractivity (Wildman–Crippen MR) is 162 cm³/mol. The van der Waals surface area contributed by atoms with Crippen molar-refractivity contribution in [2.45, 2.75) is 54.9 Å². The molecule has 1 saturated carbocycles. The van der Waals surface area contributed by atoms with Gasteiger partial charge in [-0.05, 0) is 50.2 Å². The lowest BCUT2D eigenvalue weighted by Gasteiger charge is -2.57. The summed E-state index contributed by atoms with van der Waals surface area (Å²) >= 11 is 0. The Balaban J connectivity index is 1.60. The van der Waals surface area contributed by atoms with Gasteiger partial charge in [0.05, 0.1) is 10.8 Å². The van der Waals surface area contributed by atoms with Crippen LogP contribution in [0.25, 0.3) is 0 Å². The van der Waals surface area contributed by atoms with Gasteiger partial charge < -0.3 is 18.5 Å². The molecule has 1 aliphatic carbocycles. The molecule has 2 heterocycles. The van der Waals surface area contributed by atoms with E-state index in [-0.39, 0.29) is 24.4 Å². The zero-order valence-corrected chi connectivity index (χ0v) is 24.8. The number of hydrogen-bond acceptors (Lipinski definition) is 5. The minimum Gasteiger partial charge on any atom is -0.343 e. The molecule has 2 aliphatic heterocycles. The molecule has 0 bridgehead atoms. The summed E-state index contributed by atoms with van der Waals surface area (Å²) in [5, 5.41) is 0. The number of benzene rings is 4. The fourth-order valence-electron chi connectivity index (χ4n) is 7.42. The molecule has 0 radical (unpaired) electrons. The second-order valence-electron chi connectivity index (χ2n) is 11.8. The third kappa shape index (κ3) is 3.99. The second kappa shape index (κ2) is 10.1. The fourth-order valence-corrected chi connectivity index (χ4v) is 8.78. The minimum atomic E-state index is -1.35. The van der Waals surface area contributed by atoms with Gasteiger partial charge in [0, 0.05) is 0 Å². The smallest absolute Gasteiger partial charge is 0.259 e. The lowest BCUT2D eigenvalue weighted by atomic mass is 9.50. The SMILES string of the molecule is CN(C)P1OC2C(O1)C(c1ccccc1)(c1ccccc1)C1OC(C)(C)OC1C2(c1ccccc1)c1ccccc1. The molecule has 4 aromatic carbocycles. The summed E-state index contributed by atoms with van der Waals surface area (Å²) in [6, 6.07) is 42.7. The van der Waals surface area contributed by atoms with Crippen molar-refractivity contribution in [3.63, 3.8) is 0 Å². The van der Waals surface area contributed by atoms with Crippen molar-refractivity contribution in [2.24, 2.45) is 0 Å². The highest BCUT2D eigenvalue weighted by Gasteiger charge is 2.75. The molecule has 5 nitrogen and oxygen atoms in total. The van der Waals surface area contributed by atoms with E-state index in [4.69, 9.17) is 18.5 Å². The van der Waals surface area contributed by atoms with Crippen LogP contribution in [0.3, 0.4) is 0 Å². The lowest BCUT2D eigenvalue weighted by molar-refractivity contribution is -0.153. The number of rotatable bonds is 5. The molecule has 0 N–H and O–H groups in total. The summed E-state index contributed by atoms with van der Waals surface area (Å²) in [6.45, 7) is 4.05. The van der Waals surface area contributed by atoms with Gasteiger partial charge in [0.2, 0.25) is 0 Å². The Kier molecular flexibility index (Phi) is 6.67. The molecule has 4 atom stereocenters. The largest absolute Gasteiger partial charge is 0.343 e. The normalized spacial score (nSPS) is 29.1. The van der Waals surface area contributed by atoms with Crippen molar-refractivity contribution in [1.29, 1.82) is 0 Å². The van der Waals surface area contributed by atoms with Crippen LogP contribution in [0.5, 0.6) is 0 Å². The van der Waals surface area contributed by atoms with Crippen molar-refractivity contribution in [1.82, 2.24) is 4.67 Å². The average Bonchev–Trinajstić information content (AvgIpc) is 3.60. The van der Waals surface area contributed by atoms with Gasteiger partial charge in [-0.15, -0.1) is 0 Å². The van der Waals surface area contributed by atoms with Crippen molar-refractivity contribution < 1.29 is 18.5 Å². The molecule has 3 aliphatic rings. The van der Waals surface area contributed by atoms with Crippen LogP contribution in [0.2, 0.25) is 0 Å². The van der Waals surface area contributed by atoms with Crippen molar-refractivity contribution in [2.75, 3.05) is 14.1 Å². The van der Waals surface area contributed by atoms with E-state index in [9.17, 15) is 0 Å². The molecule has 210 valence electrons. The van der Waals surface area contributed by atoms with Gasteiger partial charge in [-0.1, -0.05) is 121 Å². The quantitative estimate of drug-likeness (QED) is 0.242. The Morgan fingerprint density at radius 2 is 0.780 bits per heavy atom. The molecule has 0 spiro atoms. The summed E-state index contributed by atoms with van der Waals surface area (Å²) in [6.07, 6.45) is -1.52. The zero-order chi connectivity index (χ0) is 28.2. The van der Waals surface area contributed by atoms with E-state index in [0.29, 0.717) is 0 Å². The number of nitrogens with zero attached hydrogens (tertiary/aromatic N) is 1. The Morgan fingerprint density at radius 1 is 0.488 bits per heavy atom. The number of ether oxygens (including phenoxy) is 2. The molecule has 4 aromatic rings. The molecule has 0 amide bonds. The Labute approximate surface area is 244 Å².